The number of hydrazone groups is 1. The number of hydrogen-bond acceptors (Lipinski definition) is 9. The number of ether oxygens (including phenoxy) is 5. The Hall–Kier alpha value is -5.13. The summed E-state index contributed by atoms with van der Waals surface area (Å²) in [5.74, 6) is 1.97. The minimum atomic E-state index is -0.378. The second kappa shape index (κ2) is 12.8. The Balaban J connectivity index is 1.35. The molecule has 1 aliphatic heterocycles. The van der Waals surface area contributed by atoms with Crippen LogP contribution in [0.25, 0.3) is 0 Å². The van der Waals surface area contributed by atoms with Crippen LogP contribution in [0.5, 0.6) is 28.7 Å². The molecule has 2 heterocycles. The fourth-order valence-corrected chi connectivity index (χ4v) is 4.91. The van der Waals surface area contributed by atoms with E-state index in [4.69, 9.17) is 23.7 Å². The van der Waals surface area contributed by atoms with E-state index in [0.29, 0.717) is 53.1 Å². The maximum atomic E-state index is 13.2. The van der Waals surface area contributed by atoms with E-state index >= 15 is 0 Å². The number of amides is 1. The predicted molar refractivity (Wildman–Crippen MR) is 155 cm³/mol. The van der Waals surface area contributed by atoms with E-state index in [1.807, 2.05) is 24.3 Å². The van der Waals surface area contributed by atoms with Gasteiger partial charge in [-0.25, -0.2) is 14.1 Å². The van der Waals surface area contributed by atoms with Crippen molar-refractivity contribution in [2.75, 3.05) is 28.4 Å². The van der Waals surface area contributed by atoms with Crippen molar-refractivity contribution in [2.45, 2.75) is 32.5 Å². The summed E-state index contributed by atoms with van der Waals surface area (Å²) < 4.78 is 43.0. The molecule has 224 valence electrons. The maximum absolute atomic E-state index is 13.2. The van der Waals surface area contributed by atoms with E-state index < -0.39 is 0 Å². The molecule has 0 aliphatic carbocycles. The third kappa shape index (κ3) is 6.37. The van der Waals surface area contributed by atoms with Gasteiger partial charge in [-0.1, -0.05) is 23.4 Å². The number of carbonyl (C=O) groups excluding carboxylic acids is 1. The molecule has 11 nitrogen and oxygen atoms in total. The molecule has 1 aromatic heterocycles. The van der Waals surface area contributed by atoms with Gasteiger partial charge in [-0.15, -0.1) is 5.10 Å². The molecular weight excluding hydrogens is 557 g/mol. The Labute approximate surface area is 248 Å². The highest BCUT2D eigenvalue weighted by atomic mass is 19.1. The zero-order chi connectivity index (χ0) is 30.5. The first-order valence-electron chi connectivity index (χ1n) is 13.4. The zero-order valence-electron chi connectivity index (χ0n) is 24.5. The van der Waals surface area contributed by atoms with Gasteiger partial charge >= 0.3 is 0 Å². The quantitative estimate of drug-likeness (QED) is 0.246. The van der Waals surface area contributed by atoms with Crippen molar-refractivity contribution < 1.29 is 32.9 Å². The van der Waals surface area contributed by atoms with Gasteiger partial charge in [-0.05, 0) is 47.5 Å². The van der Waals surface area contributed by atoms with Crippen LogP contribution in [0.4, 0.5) is 4.39 Å². The Bertz CT molecular complexity index is 1610. The molecule has 4 aromatic rings. The normalized spacial score (nSPS) is 14.3. The molecule has 0 N–H and O–H groups in total. The molecule has 0 radical (unpaired) electrons. The second-order valence-electron chi connectivity index (χ2n) is 9.78. The third-order valence-corrected chi connectivity index (χ3v) is 7.02. The molecule has 0 fully saturated rings. The van der Waals surface area contributed by atoms with Gasteiger partial charge in [0, 0.05) is 18.9 Å². The summed E-state index contributed by atoms with van der Waals surface area (Å²) in [7, 11) is 6.20. The molecule has 0 saturated carbocycles. The highest BCUT2D eigenvalue weighted by molar-refractivity contribution is 6.04. The lowest BCUT2D eigenvalue weighted by molar-refractivity contribution is -0.130. The molecule has 0 bridgehead atoms. The van der Waals surface area contributed by atoms with Crippen LogP contribution >= 0.6 is 0 Å². The molecule has 1 atom stereocenters. The van der Waals surface area contributed by atoms with E-state index in [1.54, 1.807) is 57.5 Å². The molecule has 12 heteroatoms. The minimum Gasteiger partial charge on any atom is -0.493 e. The van der Waals surface area contributed by atoms with Crippen molar-refractivity contribution in [3.8, 4) is 28.7 Å². The van der Waals surface area contributed by atoms with Crippen molar-refractivity contribution in [2.24, 2.45) is 5.10 Å². The number of methoxy groups -OCH3 is 4. The van der Waals surface area contributed by atoms with Crippen LogP contribution in [-0.4, -0.2) is 60.1 Å². The highest BCUT2D eigenvalue weighted by Crippen LogP contribution is 2.42. The Morgan fingerprint density at radius 1 is 0.907 bits per heavy atom. The summed E-state index contributed by atoms with van der Waals surface area (Å²) in [5, 5.41) is 14.5. The van der Waals surface area contributed by atoms with Crippen molar-refractivity contribution >= 4 is 11.6 Å². The lowest BCUT2D eigenvalue weighted by Crippen LogP contribution is -2.24. The number of aromatic nitrogens is 3. The number of nitrogens with zero attached hydrogens (tertiary/aromatic N) is 5. The van der Waals surface area contributed by atoms with Gasteiger partial charge in [0.05, 0.1) is 52.9 Å². The third-order valence-electron chi connectivity index (χ3n) is 7.02. The first-order chi connectivity index (χ1) is 20.8. The Morgan fingerprint density at radius 3 is 2.23 bits per heavy atom. The van der Waals surface area contributed by atoms with Crippen LogP contribution in [-0.2, 0) is 17.9 Å². The number of carbonyl (C=O) groups is 1. The van der Waals surface area contributed by atoms with Crippen LogP contribution in [0, 0.1) is 5.82 Å². The molecule has 1 amide bonds. The summed E-state index contributed by atoms with van der Waals surface area (Å²) in [6.45, 7) is 2.06. The van der Waals surface area contributed by atoms with Crippen molar-refractivity contribution in [1.29, 1.82) is 0 Å². The molecule has 0 spiro atoms. The van der Waals surface area contributed by atoms with E-state index in [2.05, 4.69) is 15.4 Å². The summed E-state index contributed by atoms with van der Waals surface area (Å²) in [4.78, 5) is 12.7. The van der Waals surface area contributed by atoms with Gasteiger partial charge < -0.3 is 23.7 Å². The van der Waals surface area contributed by atoms with Gasteiger partial charge in [-0.3, -0.25) is 4.79 Å². The summed E-state index contributed by atoms with van der Waals surface area (Å²) >= 11 is 0. The molecule has 0 saturated heterocycles. The van der Waals surface area contributed by atoms with Crippen LogP contribution < -0.4 is 23.7 Å². The zero-order valence-corrected chi connectivity index (χ0v) is 24.5. The van der Waals surface area contributed by atoms with Crippen LogP contribution in [0.1, 0.15) is 41.8 Å². The highest BCUT2D eigenvalue weighted by Gasteiger charge is 2.33. The van der Waals surface area contributed by atoms with Crippen molar-refractivity contribution in [1.82, 2.24) is 20.0 Å². The number of benzene rings is 3. The molecule has 43 heavy (non-hydrogen) atoms. The van der Waals surface area contributed by atoms with Gasteiger partial charge in [0.15, 0.2) is 23.0 Å². The van der Waals surface area contributed by atoms with Crippen LogP contribution in [0.2, 0.25) is 0 Å². The van der Waals surface area contributed by atoms with Gasteiger partial charge in [0.2, 0.25) is 11.7 Å². The standard InChI is InChI=1S/C31H32FN5O6/c1-19(38)37-26(15-25(34-37)22-13-29(40-3)31(42-5)30(14-22)41-4)21-8-11-27(39-2)28(12-21)43-18-24-17-36(35-33-24)16-20-6-9-23(32)10-7-20/h6-14,17,26H,15-16,18H2,1-5H3. The van der Waals surface area contributed by atoms with Crippen LogP contribution in [0.3, 0.4) is 0 Å². The first kappa shape index (κ1) is 29.4. The van der Waals surface area contributed by atoms with Crippen LogP contribution in [0.15, 0.2) is 65.9 Å². The summed E-state index contributed by atoms with van der Waals surface area (Å²) in [6, 6.07) is 15.0. The largest absolute Gasteiger partial charge is 0.493 e. The average molecular weight is 590 g/mol. The minimum absolute atomic E-state index is 0.136. The lowest BCUT2D eigenvalue weighted by atomic mass is 9.97. The van der Waals surface area contributed by atoms with Crippen molar-refractivity contribution in [3.05, 3.63) is 89.0 Å². The van der Waals surface area contributed by atoms with Gasteiger partial charge in [0.1, 0.15) is 18.1 Å². The number of hydrogen-bond donors (Lipinski definition) is 0. The Kier molecular flexibility index (Phi) is 8.74. The van der Waals surface area contributed by atoms with E-state index in [-0.39, 0.29) is 24.4 Å². The first-order valence-corrected chi connectivity index (χ1v) is 13.4. The average Bonchev–Trinajstić information content (AvgIpc) is 3.68. The van der Waals surface area contributed by atoms with Gasteiger partial charge in [0.25, 0.3) is 0 Å². The smallest absolute Gasteiger partial charge is 0.240 e. The SMILES string of the molecule is COc1ccc(C2CC(c3cc(OC)c(OC)c(OC)c3)=NN2C(C)=O)cc1OCc1cn(Cc2ccc(F)cc2)nn1. The maximum Gasteiger partial charge on any atom is 0.240 e. The lowest BCUT2D eigenvalue weighted by Gasteiger charge is -2.21. The molecule has 5 rings (SSSR count). The fraction of sp³-hybridized carbons (Fsp3) is 0.290. The second-order valence-corrected chi connectivity index (χ2v) is 9.78. The van der Waals surface area contributed by atoms with Gasteiger partial charge in [-0.2, -0.15) is 5.10 Å². The van der Waals surface area contributed by atoms with E-state index in [1.165, 1.54) is 24.1 Å². The molecule has 3 aromatic carbocycles. The number of halogens is 1. The molecule has 1 unspecified atom stereocenters. The fourth-order valence-electron chi connectivity index (χ4n) is 4.91. The summed E-state index contributed by atoms with van der Waals surface area (Å²) in [6.07, 6.45) is 2.22. The van der Waals surface area contributed by atoms with E-state index in [9.17, 15) is 9.18 Å². The monoisotopic (exact) mass is 589 g/mol. The molecular formula is C31H32FN5O6. The molecule has 1 aliphatic rings. The van der Waals surface area contributed by atoms with Crippen molar-refractivity contribution in [3.63, 3.8) is 0 Å². The Morgan fingerprint density at radius 2 is 1.60 bits per heavy atom. The number of rotatable bonds is 11. The topological polar surface area (TPSA) is 110 Å². The van der Waals surface area contributed by atoms with E-state index in [0.717, 1.165) is 16.7 Å². The predicted octanol–water partition coefficient (Wildman–Crippen LogP) is 4.78. The summed E-state index contributed by atoms with van der Waals surface area (Å²) in [5.41, 5.74) is 3.76.